The average Bonchev–Trinajstić information content (AvgIpc) is 3.02. The third-order valence-electron chi connectivity index (χ3n) is 6.11. The Hall–Kier alpha value is -2.20. The van der Waals surface area contributed by atoms with Gasteiger partial charge in [0.2, 0.25) is 0 Å². The van der Waals surface area contributed by atoms with E-state index in [-0.39, 0.29) is 26.6 Å². The molecule has 0 unspecified atom stereocenters. The summed E-state index contributed by atoms with van der Waals surface area (Å²) in [6.07, 6.45) is 0.389. The molecule has 0 spiro atoms. The van der Waals surface area contributed by atoms with Gasteiger partial charge in [-0.2, -0.15) is 5.26 Å². The van der Waals surface area contributed by atoms with Crippen LogP contribution in [-0.2, 0) is 14.9 Å². The molecule has 0 bridgehead atoms. The number of nitriles is 1. The zero-order valence-electron chi connectivity index (χ0n) is 20.7. The monoisotopic (exact) mass is 522 g/mol. The van der Waals surface area contributed by atoms with Crippen LogP contribution in [0.3, 0.4) is 0 Å². The molecule has 2 aromatic carbocycles. The molecule has 3 rings (SSSR count). The van der Waals surface area contributed by atoms with E-state index >= 15 is 8.78 Å². The second-order valence-corrected chi connectivity index (χ2v) is 12.1. The van der Waals surface area contributed by atoms with Crippen LogP contribution in [0.2, 0.25) is 10.0 Å². The lowest BCUT2D eigenvalue weighted by Crippen LogP contribution is -2.45. The Morgan fingerprint density at radius 1 is 1.14 bits per heavy atom. The number of rotatable bonds is 4. The molecule has 0 aromatic heterocycles. The summed E-state index contributed by atoms with van der Waals surface area (Å²) in [5.41, 5.74) is -2.76. The first-order valence-electron chi connectivity index (χ1n) is 11.4. The minimum Gasteiger partial charge on any atom is -0.459 e. The van der Waals surface area contributed by atoms with Crippen LogP contribution in [0.25, 0.3) is 0 Å². The number of ether oxygens (including phenoxy) is 1. The van der Waals surface area contributed by atoms with E-state index in [1.807, 2.05) is 20.8 Å². The van der Waals surface area contributed by atoms with E-state index < -0.39 is 46.6 Å². The van der Waals surface area contributed by atoms with Crippen LogP contribution in [0.4, 0.5) is 8.78 Å². The molecule has 1 aliphatic heterocycles. The van der Waals surface area contributed by atoms with Gasteiger partial charge >= 0.3 is 5.97 Å². The SMILES string of the molecule is CC(C)(C)C[C@H]1N[C@H](C(=O)OC(C)(C)C)[C@@H](c2cccc(Cl)c2F)[C@]1(C#N)c1ccc(Cl)cc1F. The summed E-state index contributed by atoms with van der Waals surface area (Å²) in [6, 6.07) is 8.90. The molecule has 188 valence electrons. The van der Waals surface area contributed by atoms with Crippen LogP contribution in [-0.4, -0.2) is 23.7 Å². The number of nitrogens with zero attached hydrogens (tertiary/aromatic N) is 1. The number of esters is 1. The van der Waals surface area contributed by atoms with Crippen molar-refractivity contribution in [1.29, 1.82) is 5.26 Å². The fourth-order valence-electron chi connectivity index (χ4n) is 4.90. The zero-order chi connectivity index (χ0) is 26.3. The highest BCUT2D eigenvalue weighted by atomic mass is 35.5. The number of carbonyl (C=O) groups excluding carboxylic acids is 1. The van der Waals surface area contributed by atoms with Crippen molar-refractivity contribution in [2.24, 2.45) is 5.41 Å². The van der Waals surface area contributed by atoms with Gasteiger partial charge in [0.15, 0.2) is 0 Å². The minimum atomic E-state index is -1.67. The molecule has 1 fully saturated rings. The van der Waals surface area contributed by atoms with Gasteiger partial charge in [0.25, 0.3) is 0 Å². The predicted molar refractivity (Wildman–Crippen MR) is 133 cm³/mol. The van der Waals surface area contributed by atoms with E-state index in [9.17, 15) is 10.1 Å². The van der Waals surface area contributed by atoms with E-state index in [1.54, 1.807) is 26.8 Å². The van der Waals surface area contributed by atoms with Gasteiger partial charge in [0.05, 0.1) is 11.1 Å². The van der Waals surface area contributed by atoms with Crippen molar-refractivity contribution in [2.75, 3.05) is 0 Å². The molecule has 0 radical (unpaired) electrons. The second-order valence-electron chi connectivity index (χ2n) is 11.2. The summed E-state index contributed by atoms with van der Waals surface area (Å²) in [6.45, 7) is 11.1. The Labute approximate surface area is 215 Å². The van der Waals surface area contributed by atoms with Crippen molar-refractivity contribution < 1.29 is 18.3 Å². The molecule has 1 aliphatic rings. The summed E-state index contributed by atoms with van der Waals surface area (Å²) in [5.74, 6) is -3.27. The lowest BCUT2D eigenvalue weighted by atomic mass is 9.62. The van der Waals surface area contributed by atoms with E-state index in [4.69, 9.17) is 27.9 Å². The highest BCUT2D eigenvalue weighted by molar-refractivity contribution is 6.31. The van der Waals surface area contributed by atoms with Crippen molar-refractivity contribution in [2.45, 2.75) is 77.0 Å². The fraction of sp³-hybridized carbons (Fsp3) is 0.481. The Morgan fingerprint density at radius 3 is 2.34 bits per heavy atom. The van der Waals surface area contributed by atoms with Crippen LogP contribution in [0.15, 0.2) is 36.4 Å². The maximum absolute atomic E-state index is 15.5. The number of benzene rings is 2. The van der Waals surface area contributed by atoms with Crippen molar-refractivity contribution in [1.82, 2.24) is 5.32 Å². The molecule has 0 amide bonds. The minimum absolute atomic E-state index is 0.0292. The van der Waals surface area contributed by atoms with Gasteiger partial charge in [-0.1, -0.05) is 62.2 Å². The highest BCUT2D eigenvalue weighted by Gasteiger charge is 2.61. The molecule has 8 heteroatoms. The number of hydrogen-bond donors (Lipinski definition) is 1. The van der Waals surface area contributed by atoms with Crippen LogP contribution in [0, 0.1) is 28.4 Å². The van der Waals surface area contributed by atoms with Crippen LogP contribution in [0.5, 0.6) is 0 Å². The van der Waals surface area contributed by atoms with Crippen LogP contribution in [0.1, 0.15) is 65.0 Å². The molecule has 4 nitrogen and oxygen atoms in total. The first-order chi connectivity index (χ1) is 16.1. The van der Waals surface area contributed by atoms with E-state index in [0.29, 0.717) is 6.42 Å². The molecular formula is C27H30Cl2F2N2O2. The van der Waals surface area contributed by atoms with Gasteiger partial charge < -0.3 is 4.74 Å². The summed E-state index contributed by atoms with van der Waals surface area (Å²) in [7, 11) is 0. The normalized spacial score (nSPS) is 24.8. The Morgan fingerprint density at radius 2 is 1.80 bits per heavy atom. The quantitative estimate of drug-likeness (QED) is 0.442. The summed E-state index contributed by atoms with van der Waals surface area (Å²) >= 11 is 12.1. The molecule has 2 aromatic rings. The smallest absolute Gasteiger partial charge is 0.324 e. The Bertz CT molecular complexity index is 1170. The van der Waals surface area contributed by atoms with Crippen LogP contribution < -0.4 is 5.32 Å². The topological polar surface area (TPSA) is 62.1 Å². The van der Waals surface area contributed by atoms with E-state index in [2.05, 4.69) is 11.4 Å². The van der Waals surface area contributed by atoms with Crippen molar-refractivity contribution in [3.05, 3.63) is 69.2 Å². The summed E-state index contributed by atoms with van der Waals surface area (Å²) < 4.78 is 36.7. The van der Waals surface area contributed by atoms with Crippen molar-refractivity contribution in [3.63, 3.8) is 0 Å². The Balaban J connectivity index is 2.37. The molecule has 1 saturated heterocycles. The number of halogens is 4. The number of hydrogen-bond acceptors (Lipinski definition) is 4. The van der Waals surface area contributed by atoms with Crippen molar-refractivity contribution in [3.8, 4) is 6.07 Å². The maximum atomic E-state index is 15.5. The lowest BCUT2D eigenvalue weighted by Gasteiger charge is -2.37. The predicted octanol–water partition coefficient (Wildman–Crippen LogP) is 6.94. The zero-order valence-corrected chi connectivity index (χ0v) is 22.2. The average molecular weight is 523 g/mol. The molecule has 0 saturated carbocycles. The van der Waals surface area contributed by atoms with E-state index in [0.717, 1.165) is 6.07 Å². The summed E-state index contributed by atoms with van der Waals surface area (Å²) in [4.78, 5) is 13.5. The first kappa shape index (κ1) is 27.4. The third kappa shape index (κ3) is 5.48. The molecule has 1 heterocycles. The third-order valence-corrected chi connectivity index (χ3v) is 6.64. The van der Waals surface area contributed by atoms with Crippen LogP contribution >= 0.6 is 23.2 Å². The van der Waals surface area contributed by atoms with Gasteiger partial charge in [-0.3, -0.25) is 10.1 Å². The van der Waals surface area contributed by atoms with Gasteiger partial charge in [-0.25, -0.2) is 8.78 Å². The standard InChI is InChI=1S/C27H30Cl2F2N2O2/c1-25(2,3)13-20-27(14-32,17-11-10-15(28)12-19(17)30)21(16-8-7-9-18(29)22(16)31)23(33-20)24(34)35-26(4,5)6/h7-12,20-21,23,33H,13H2,1-6H3/t20-,21-,23+,27-/m1/s1. The number of nitrogens with one attached hydrogen (secondary N) is 1. The van der Waals surface area contributed by atoms with E-state index in [1.165, 1.54) is 24.3 Å². The van der Waals surface area contributed by atoms with Crippen molar-refractivity contribution >= 4 is 29.2 Å². The molecule has 4 atom stereocenters. The fourth-order valence-corrected chi connectivity index (χ4v) is 5.24. The molecule has 0 aliphatic carbocycles. The Kier molecular flexibility index (Phi) is 7.58. The highest BCUT2D eigenvalue weighted by Crippen LogP contribution is 2.53. The number of carbonyl (C=O) groups is 1. The van der Waals surface area contributed by atoms with Gasteiger partial charge in [0.1, 0.15) is 28.7 Å². The van der Waals surface area contributed by atoms with Gasteiger partial charge in [-0.15, -0.1) is 0 Å². The lowest BCUT2D eigenvalue weighted by molar-refractivity contribution is -0.157. The second kappa shape index (κ2) is 9.69. The van der Waals surface area contributed by atoms with Gasteiger partial charge in [-0.05, 0) is 56.4 Å². The maximum Gasteiger partial charge on any atom is 0.324 e. The molecule has 1 N–H and O–H groups in total. The summed E-state index contributed by atoms with van der Waals surface area (Å²) in [5, 5.41) is 14.0. The first-order valence-corrected chi connectivity index (χ1v) is 12.2. The molecule has 35 heavy (non-hydrogen) atoms. The largest absolute Gasteiger partial charge is 0.459 e. The molecular weight excluding hydrogens is 493 g/mol. The van der Waals surface area contributed by atoms with Gasteiger partial charge in [0, 0.05) is 22.5 Å².